The molecule has 0 aliphatic heterocycles. The summed E-state index contributed by atoms with van der Waals surface area (Å²) in [5.74, 6) is -1.54. The first-order valence-electron chi connectivity index (χ1n) is 7.95. The zero-order valence-corrected chi connectivity index (χ0v) is 15.8. The average molecular weight is 387 g/mol. The molecule has 0 unspecified atom stereocenters. The second kappa shape index (κ2) is 7.58. The third-order valence-corrected chi connectivity index (χ3v) is 5.01. The van der Waals surface area contributed by atoms with Crippen LogP contribution in [0.5, 0.6) is 0 Å². The Kier molecular flexibility index (Phi) is 5.22. The molecule has 0 aliphatic carbocycles. The molecule has 3 aromatic rings. The van der Waals surface area contributed by atoms with Crippen LogP contribution in [0, 0.1) is 0 Å². The summed E-state index contributed by atoms with van der Waals surface area (Å²) < 4.78 is 11.1. The third-order valence-electron chi connectivity index (χ3n) is 4.01. The predicted molar refractivity (Wildman–Crippen MR) is 100 cm³/mol. The molecular weight excluding hydrogens is 370 g/mol. The number of hydrogen-bond acceptors (Lipinski definition) is 7. The van der Waals surface area contributed by atoms with Gasteiger partial charge in [0.25, 0.3) is 5.91 Å². The molecule has 0 saturated heterocycles. The van der Waals surface area contributed by atoms with Gasteiger partial charge < -0.3 is 14.0 Å². The van der Waals surface area contributed by atoms with E-state index in [0.717, 1.165) is 22.2 Å². The molecule has 0 atom stereocenters. The van der Waals surface area contributed by atoms with E-state index in [2.05, 4.69) is 15.0 Å². The lowest BCUT2D eigenvalue weighted by molar-refractivity contribution is -0.139. The number of nitrogens with one attached hydrogen (secondary N) is 1. The molecule has 1 amide bonds. The quantitative estimate of drug-likeness (QED) is 0.675. The number of carbonyl (C=O) groups excluding carboxylic acids is 3. The molecule has 2 aromatic heterocycles. The van der Waals surface area contributed by atoms with Crippen LogP contribution in [0.3, 0.4) is 0 Å². The van der Waals surface area contributed by atoms with Crippen molar-refractivity contribution >= 4 is 45.2 Å². The Morgan fingerprint density at radius 2 is 1.93 bits per heavy atom. The van der Waals surface area contributed by atoms with Gasteiger partial charge in [-0.05, 0) is 12.1 Å². The van der Waals surface area contributed by atoms with Gasteiger partial charge in [0, 0.05) is 18.0 Å². The van der Waals surface area contributed by atoms with Gasteiger partial charge in [0.15, 0.2) is 5.13 Å². The lowest BCUT2D eigenvalue weighted by Gasteiger charge is -2.03. The average Bonchev–Trinajstić information content (AvgIpc) is 3.22. The largest absolute Gasteiger partial charge is 0.469 e. The van der Waals surface area contributed by atoms with E-state index >= 15 is 0 Å². The van der Waals surface area contributed by atoms with Gasteiger partial charge in [0.05, 0.1) is 26.3 Å². The highest BCUT2D eigenvalue weighted by Gasteiger charge is 2.23. The van der Waals surface area contributed by atoms with Crippen molar-refractivity contribution in [1.82, 2.24) is 9.55 Å². The molecular formula is C18H17N3O5S. The fourth-order valence-corrected chi connectivity index (χ4v) is 3.55. The van der Waals surface area contributed by atoms with Crippen molar-refractivity contribution in [1.29, 1.82) is 0 Å². The highest BCUT2D eigenvalue weighted by molar-refractivity contribution is 7.17. The Hall–Kier alpha value is -3.20. The van der Waals surface area contributed by atoms with Crippen molar-refractivity contribution in [3.05, 3.63) is 46.6 Å². The Morgan fingerprint density at radius 3 is 2.59 bits per heavy atom. The number of benzene rings is 1. The molecule has 0 fully saturated rings. The number of aryl methyl sites for hydroxylation is 1. The third kappa shape index (κ3) is 3.68. The summed E-state index contributed by atoms with van der Waals surface area (Å²) in [6, 6.07) is 9.40. The number of amides is 1. The van der Waals surface area contributed by atoms with Crippen LogP contribution >= 0.6 is 11.3 Å². The number of anilines is 1. The van der Waals surface area contributed by atoms with E-state index < -0.39 is 11.9 Å². The van der Waals surface area contributed by atoms with E-state index in [1.165, 1.54) is 14.2 Å². The van der Waals surface area contributed by atoms with Crippen molar-refractivity contribution < 1.29 is 23.9 Å². The van der Waals surface area contributed by atoms with Crippen molar-refractivity contribution in [2.75, 3.05) is 19.5 Å². The first-order valence-corrected chi connectivity index (χ1v) is 8.77. The summed E-state index contributed by atoms with van der Waals surface area (Å²) in [6.45, 7) is 0. The zero-order valence-electron chi connectivity index (χ0n) is 14.9. The minimum Gasteiger partial charge on any atom is -0.469 e. The SMILES string of the molecule is COC(=O)Cc1nc(NC(=O)c2cc3ccccc3n2C)sc1C(=O)OC. The van der Waals surface area contributed by atoms with Crippen LogP contribution in [0.4, 0.5) is 5.13 Å². The number of para-hydroxylation sites is 1. The normalized spacial score (nSPS) is 10.6. The van der Waals surface area contributed by atoms with Gasteiger partial charge in [-0.15, -0.1) is 0 Å². The van der Waals surface area contributed by atoms with E-state index in [-0.39, 0.29) is 28.0 Å². The lowest BCUT2D eigenvalue weighted by atomic mass is 10.2. The number of esters is 2. The Bertz CT molecular complexity index is 1040. The van der Waals surface area contributed by atoms with Crippen LogP contribution in [-0.4, -0.2) is 41.6 Å². The molecule has 1 aromatic carbocycles. The number of thiazole rings is 1. The van der Waals surface area contributed by atoms with Crippen LogP contribution in [0.25, 0.3) is 10.9 Å². The van der Waals surface area contributed by atoms with Gasteiger partial charge in [-0.2, -0.15) is 0 Å². The van der Waals surface area contributed by atoms with Crippen molar-refractivity contribution in [3.63, 3.8) is 0 Å². The van der Waals surface area contributed by atoms with Crippen molar-refractivity contribution in [2.24, 2.45) is 7.05 Å². The van der Waals surface area contributed by atoms with Crippen molar-refractivity contribution in [2.45, 2.75) is 6.42 Å². The summed E-state index contributed by atoms with van der Waals surface area (Å²) in [6.07, 6.45) is -0.193. The number of fused-ring (bicyclic) bond motifs is 1. The van der Waals surface area contributed by atoms with Crippen molar-refractivity contribution in [3.8, 4) is 0 Å². The second-order valence-electron chi connectivity index (χ2n) is 5.64. The number of aromatic nitrogens is 2. The summed E-state index contributed by atoms with van der Waals surface area (Å²) in [5, 5.41) is 3.81. The second-order valence-corrected chi connectivity index (χ2v) is 6.64. The molecule has 9 heteroatoms. The molecule has 0 saturated carbocycles. The molecule has 0 bridgehead atoms. The summed E-state index contributed by atoms with van der Waals surface area (Å²) in [5.41, 5.74) is 1.56. The molecule has 140 valence electrons. The Balaban J connectivity index is 1.89. The van der Waals surface area contributed by atoms with Crippen LogP contribution in [0.2, 0.25) is 0 Å². The minimum atomic E-state index is -0.628. The summed E-state index contributed by atoms with van der Waals surface area (Å²) in [7, 11) is 4.27. The van der Waals surface area contributed by atoms with Crippen LogP contribution in [0.15, 0.2) is 30.3 Å². The van der Waals surface area contributed by atoms with E-state index in [0.29, 0.717) is 5.69 Å². The molecule has 0 aliphatic rings. The zero-order chi connectivity index (χ0) is 19.6. The Labute approximate surface area is 158 Å². The van der Waals surface area contributed by atoms with Crippen LogP contribution in [0.1, 0.15) is 25.9 Å². The summed E-state index contributed by atoms with van der Waals surface area (Å²) in [4.78, 5) is 40.5. The van der Waals surface area contributed by atoms with Gasteiger partial charge in [0.1, 0.15) is 10.6 Å². The molecule has 27 heavy (non-hydrogen) atoms. The number of nitrogens with zero attached hydrogens (tertiary/aromatic N) is 2. The van der Waals surface area contributed by atoms with Gasteiger partial charge in [-0.1, -0.05) is 29.5 Å². The van der Waals surface area contributed by atoms with E-state index in [9.17, 15) is 14.4 Å². The molecule has 1 N–H and O–H groups in total. The number of rotatable bonds is 5. The van der Waals surface area contributed by atoms with Crippen LogP contribution < -0.4 is 5.32 Å². The molecule has 0 spiro atoms. The maximum absolute atomic E-state index is 12.7. The molecule has 3 rings (SSSR count). The van der Waals surface area contributed by atoms with Gasteiger partial charge in [0.2, 0.25) is 0 Å². The topological polar surface area (TPSA) is 99.5 Å². The maximum atomic E-state index is 12.7. The number of carbonyl (C=O) groups is 3. The smallest absolute Gasteiger partial charge is 0.350 e. The van der Waals surface area contributed by atoms with E-state index in [1.54, 1.807) is 17.7 Å². The highest BCUT2D eigenvalue weighted by Crippen LogP contribution is 2.26. The number of hydrogen-bond donors (Lipinski definition) is 1. The lowest BCUT2D eigenvalue weighted by Crippen LogP contribution is -2.15. The van der Waals surface area contributed by atoms with Gasteiger partial charge in [-0.25, -0.2) is 9.78 Å². The standard InChI is InChI=1S/C18H17N3O5S/c1-21-12-7-5-4-6-10(12)8-13(21)16(23)20-18-19-11(9-14(22)25-2)15(27-18)17(24)26-3/h4-8H,9H2,1-3H3,(H,19,20,23). The first-order chi connectivity index (χ1) is 12.9. The first kappa shape index (κ1) is 18.6. The maximum Gasteiger partial charge on any atom is 0.350 e. The monoisotopic (exact) mass is 387 g/mol. The fourth-order valence-electron chi connectivity index (χ4n) is 2.65. The van der Waals surface area contributed by atoms with E-state index in [1.807, 2.05) is 24.3 Å². The Morgan fingerprint density at radius 1 is 1.19 bits per heavy atom. The van der Waals surface area contributed by atoms with E-state index in [4.69, 9.17) is 4.74 Å². The van der Waals surface area contributed by atoms with Crippen LogP contribution in [-0.2, 0) is 27.7 Å². The molecule has 8 nitrogen and oxygen atoms in total. The number of methoxy groups -OCH3 is 2. The number of ether oxygens (including phenoxy) is 2. The summed E-state index contributed by atoms with van der Waals surface area (Å²) >= 11 is 0.946. The predicted octanol–water partition coefficient (Wildman–Crippen LogP) is 2.39. The molecule has 0 radical (unpaired) electrons. The van der Waals surface area contributed by atoms with Gasteiger partial charge in [-0.3, -0.25) is 14.9 Å². The molecule has 2 heterocycles. The van der Waals surface area contributed by atoms with Gasteiger partial charge >= 0.3 is 11.9 Å². The highest BCUT2D eigenvalue weighted by atomic mass is 32.1. The minimum absolute atomic E-state index is 0.148. The fraction of sp³-hybridized carbons (Fsp3) is 0.222.